The fraction of sp³-hybridized carbons (Fsp3) is 0.953. The second-order valence-corrected chi connectivity index (χ2v) is 35.3. The van der Waals surface area contributed by atoms with Gasteiger partial charge in [0.25, 0.3) is 0 Å². The molecular weight excluding hydrogens is 1370 g/mol. The van der Waals surface area contributed by atoms with E-state index in [9.17, 15) is 43.2 Å². The molecule has 105 heavy (non-hydrogen) atoms. The summed E-state index contributed by atoms with van der Waals surface area (Å²) in [5, 5.41) is 10.7. The van der Waals surface area contributed by atoms with E-state index in [1.54, 1.807) is 0 Å². The fourth-order valence-corrected chi connectivity index (χ4v) is 14.9. The summed E-state index contributed by atoms with van der Waals surface area (Å²) in [5.41, 5.74) is 0. The first kappa shape index (κ1) is 103. The van der Waals surface area contributed by atoms with E-state index in [0.29, 0.717) is 25.7 Å². The lowest BCUT2D eigenvalue weighted by Gasteiger charge is -2.21. The van der Waals surface area contributed by atoms with Crippen molar-refractivity contribution in [1.82, 2.24) is 0 Å². The number of carbonyl (C=O) groups is 4. The van der Waals surface area contributed by atoms with Crippen molar-refractivity contribution >= 4 is 39.5 Å². The van der Waals surface area contributed by atoms with Crippen LogP contribution in [0.3, 0.4) is 0 Å². The van der Waals surface area contributed by atoms with Gasteiger partial charge in [0.1, 0.15) is 19.3 Å². The predicted molar refractivity (Wildman–Crippen MR) is 432 cm³/mol. The maximum Gasteiger partial charge on any atom is 0.472 e. The van der Waals surface area contributed by atoms with Gasteiger partial charge in [-0.1, -0.05) is 402 Å². The molecule has 0 aromatic heterocycles. The Morgan fingerprint density at radius 3 is 0.648 bits per heavy atom. The van der Waals surface area contributed by atoms with Gasteiger partial charge in [-0.25, -0.2) is 9.13 Å². The third kappa shape index (κ3) is 79.9. The van der Waals surface area contributed by atoms with Gasteiger partial charge in [-0.3, -0.25) is 37.3 Å². The van der Waals surface area contributed by atoms with E-state index in [1.807, 2.05) is 0 Å². The first-order valence-corrected chi connectivity index (χ1v) is 47.3. The van der Waals surface area contributed by atoms with Crippen LogP contribution in [0, 0.1) is 17.8 Å². The Balaban J connectivity index is 5.24. The van der Waals surface area contributed by atoms with Crippen molar-refractivity contribution in [1.29, 1.82) is 0 Å². The van der Waals surface area contributed by atoms with Gasteiger partial charge in [-0.2, -0.15) is 0 Å². The molecule has 0 rings (SSSR count). The van der Waals surface area contributed by atoms with Gasteiger partial charge >= 0.3 is 39.5 Å². The third-order valence-electron chi connectivity index (χ3n) is 20.1. The molecule has 0 aromatic carbocycles. The van der Waals surface area contributed by atoms with Crippen LogP contribution in [0.15, 0.2) is 0 Å². The average molecular weight is 1540 g/mol. The van der Waals surface area contributed by atoms with Crippen LogP contribution in [0.2, 0.25) is 0 Å². The summed E-state index contributed by atoms with van der Waals surface area (Å²) in [5.74, 6) is 0.218. The van der Waals surface area contributed by atoms with Crippen molar-refractivity contribution in [3.63, 3.8) is 0 Å². The van der Waals surface area contributed by atoms with E-state index >= 15 is 0 Å². The van der Waals surface area contributed by atoms with Crippen LogP contribution in [0.4, 0.5) is 0 Å². The number of hydrogen-bond acceptors (Lipinski definition) is 15. The van der Waals surface area contributed by atoms with Gasteiger partial charge in [0, 0.05) is 25.7 Å². The Kier molecular flexibility index (Phi) is 74.7. The van der Waals surface area contributed by atoms with Crippen LogP contribution < -0.4 is 0 Å². The molecule has 0 aromatic rings. The summed E-state index contributed by atoms with van der Waals surface area (Å²) in [6.45, 7) is 12.0. The number of hydrogen-bond donors (Lipinski definition) is 3. The molecule has 0 amide bonds. The molecule has 3 N–H and O–H groups in total. The number of carbonyl (C=O) groups excluding carboxylic acids is 4. The topological polar surface area (TPSA) is 237 Å². The molecule has 17 nitrogen and oxygen atoms in total. The number of phosphoric ester groups is 2. The van der Waals surface area contributed by atoms with Gasteiger partial charge in [0.05, 0.1) is 26.4 Å². The molecule has 624 valence electrons. The summed E-state index contributed by atoms with van der Waals surface area (Å²) in [7, 11) is -9.93. The first-order chi connectivity index (χ1) is 50.7. The van der Waals surface area contributed by atoms with Gasteiger partial charge in [-0.15, -0.1) is 0 Å². The molecule has 0 aliphatic carbocycles. The van der Waals surface area contributed by atoms with Crippen LogP contribution in [0.1, 0.15) is 453 Å². The number of ether oxygens (including phenoxy) is 4. The largest absolute Gasteiger partial charge is 0.472 e. The van der Waals surface area contributed by atoms with Crippen LogP contribution in [0.25, 0.3) is 0 Å². The number of aliphatic hydroxyl groups excluding tert-OH is 1. The molecule has 0 bridgehead atoms. The zero-order valence-electron chi connectivity index (χ0n) is 69.2. The summed E-state index contributed by atoms with van der Waals surface area (Å²) in [4.78, 5) is 73.2. The fourth-order valence-electron chi connectivity index (χ4n) is 13.4. The molecule has 0 radical (unpaired) electrons. The van der Waals surface area contributed by atoms with Crippen molar-refractivity contribution in [3.8, 4) is 0 Å². The number of phosphoric acid groups is 2. The molecule has 0 heterocycles. The highest BCUT2D eigenvalue weighted by Gasteiger charge is 2.30. The Morgan fingerprint density at radius 1 is 0.257 bits per heavy atom. The molecule has 5 atom stereocenters. The Bertz CT molecular complexity index is 2030. The Hall–Kier alpha value is -1.94. The summed E-state index contributed by atoms with van der Waals surface area (Å²) >= 11 is 0. The summed E-state index contributed by atoms with van der Waals surface area (Å²) in [6, 6.07) is 0. The number of aliphatic hydroxyl groups is 1. The summed E-state index contributed by atoms with van der Waals surface area (Å²) in [6.07, 6.45) is 66.7. The minimum absolute atomic E-state index is 0.106. The van der Waals surface area contributed by atoms with Gasteiger partial charge < -0.3 is 33.8 Å². The average Bonchev–Trinajstić information content (AvgIpc) is 0.930. The van der Waals surface area contributed by atoms with Gasteiger partial charge in [0.2, 0.25) is 0 Å². The van der Waals surface area contributed by atoms with E-state index < -0.39 is 97.5 Å². The highest BCUT2D eigenvalue weighted by atomic mass is 31.2. The molecule has 0 saturated heterocycles. The smallest absolute Gasteiger partial charge is 0.462 e. The lowest BCUT2D eigenvalue weighted by Crippen LogP contribution is -2.30. The van der Waals surface area contributed by atoms with Crippen molar-refractivity contribution in [2.75, 3.05) is 39.6 Å². The maximum atomic E-state index is 13.1. The zero-order chi connectivity index (χ0) is 77.2. The highest BCUT2D eigenvalue weighted by molar-refractivity contribution is 7.47. The van der Waals surface area contributed by atoms with E-state index in [0.717, 1.165) is 108 Å². The normalized spacial score (nSPS) is 13.9. The van der Waals surface area contributed by atoms with Crippen molar-refractivity contribution < 1.29 is 80.2 Å². The van der Waals surface area contributed by atoms with Crippen molar-refractivity contribution in [2.45, 2.75) is 471 Å². The minimum Gasteiger partial charge on any atom is -0.462 e. The van der Waals surface area contributed by atoms with E-state index in [2.05, 4.69) is 48.5 Å². The number of unbranched alkanes of at least 4 members (excludes halogenated alkanes) is 52. The lowest BCUT2D eigenvalue weighted by atomic mass is 10.0. The first-order valence-electron chi connectivity index (χ1n) is 44.3. The molecule has 0 saturated carbocycles. The van der Waals surface area contributed by atoms with Crippen LogP contribution >= 0.6 is 15.6 Å². The predicted octanol–water partition coefficient (Wildman–Crippen LogP) is 26.1. The third-order valence-corrected chi connectivity index (χ3v) is 22.0. The van der Waals surface area contributed by atoms with Crippen LogP contribution in [0.5, 0.6) is 0 Å². The second-order valence-electron chi connectivity index (χ2n) is 32.4. The number of esters is 4. The molecular formula is C86H168O17P2. The van der Waals surface area contributed by atoms with E-state index in [4.69, 9.17) is 37.0 Å². The molecule has 0 aliphatic heterocycles. The highest BCUT2D eigenvalue weighted by Crippen LogP contribution is 2.45. The van der Waals surface area contributed by atoms with E-state index in [1.165, 1.54) is 263 Å². The maximum absolute atomic E-state index is 13.1. The molecule has 0 fully saturated rings. The SMILES string of the molecule is CCCCCCCCCCCCCCCCCCCCC(=O)OC[C@H](COP(=O)(O)OC[C@@H](O)COP(=O)(O)OC[C@@H](COC(=O)CCCCCCCCCCC(C)C)OC(=O)CCCCCCCCCCCCCCC(C)C)OC(=O)CCCCCCCCCCCCCCCCCCCCC(C)C. The number of rotatable bonds is 84. The Morgan fingerprint density at radius 2 is 0.438 bits per heavy atom. The molecule has 2 unspecified atom stereocenters. The summed E-state index contributed by atoms with van der Waals surface area (Å²) < 4.78 is 68.9. The quantitative estimate of drug-likeness (QED) is 0.0222. The Labute approximate surface area is 645 Å². The van der Waals surface area contributed by atoms with Crippen LogP contribution in [-0.4, -0.2) is 96.7 Å². The monoisotopic (exact) mass is 1540 g/mol. The lowest BCUT2D eigenvalue weighted by molar-refractivity contribution is -0.161. The van der Waals surface area contributed by atoms with Crippen molar-refractivity contribution in [3.05, 3.63) is 0 Å². The van der Waals surface area contributed by atoms with Gasteiger partial charge in [-0.05, 0) is 43.4 Å². The zero-order valence-corrected chi connectivity index (χ0v) is 71.0. The van der Waals surface area contributed by atoms with Gasteiger partial charge in [0.15, 0.2) is 12.2 Å². The standard InChI is InChI=1S/C86H168O17P2/c1-8-9-10-11-12-13-14-15-16-17-21-24-27-33-38-46-53-60-67-83(88)96-73-81(102-85(90)69-62-55-48-39-34-28-25-22-19-18-20-23-26-31-36-43-50-57-64-77(2)3)75-100-104(92,93)98-71-80(87)72-99-105(94,95)101-76-82(74-97-84(89)68-61-54-47-42-41-45-52-59-66-79(6)7)103-86(91)70-63-56-49-40-35-30-29-32-37-44-51-58-65-78(4)5/h77-82,87H,8-76H2,1-7H3,(H,92,93)(H,94,95)/t80-,81-,82-/m1/s1. The van der Waals surface area contributed by atoms with Crippen molar-refractivity contribution in [2.24, 2.45) is 17.8 Å². The minimum atomic E-state index is -4.97. The molecule has 0 spiro atoms. The molecule has 0 aliphatic rings. The van der Waals surface area contributed by atoms with Crippen LogP contribution in [-0.2, 0) is 65.4 Å². The van der Waals surface area contributed by atoms with E-state index in [-0.39, 0.29) is 25.7 Å². The molecule has 19 heteroatoms. The second kappa shape index (κ2) is 76.1.